The Morgan fingerprint density at radius 2 is 1.78 bits per heavy atom. The molecule has 4 aliphatic carbocycles. The number of anilines is 2. The van der Waals surface area contributed by atoms with Crippen LogP contribution >= 0.6 is 0 Å². The number of carbonyl (C=O) groups excluding carboxylic acids is 3. The first-order chi connectivity index (χ1) is 19.3. The number of amides is 1. The van der Waals surface area contributed by atoms with Crippen LogP contribution in [0.5, 0.6) is 5.75 Å². The van der Waals surface area contributed by atoms with E-state index in [2.05, 4.69) is 5.32 Å². The molecule has 4 aliphatic rings. The van der Waals surface area contributed by atoms with E-state index in [0.717, 1.165) is 18.5 Å². The molecule has 0 bridgehead atoms. The Kier molecular flexibility index (Phi) is 7.59. The van der Waals surface area contributed by atoms with Crippen LogP contribution in [0.4, 0.5) is 11.4 Å². The maximum atomic E-state index is 14.1. The number of hydrogen-bond acceptors (Lipinski definition) is 10. The van der Waals surface area contributed by atoms with Gasteiger partial charge in [-0.1, -0.05) is 19.3 Å². The Hall–Kier alpha value is -3.15. The van der Waals surface area contributed by atoms with Crippen molar-refractivity contribution in [1.82, 2.24) is 4.90 Å². The minimum atomic E-state index is -2.66. The van der Waals surface area contributed by atoms with Crippen molar-refractivity contribution in [3.8, 4) is 5.75 Å². The summed E-state index contributed by atoms with van der Waals surface area (Å²) in [5.41, 5.74) is 4.59. The largest absolute Gasteiger partial charge is 0.507 e. The van der Waals surface area contributed by atoms with E-state index < -0.39 is 58.7 Å². The minimum Gasteiger partial charge on any atom is -0.507 e. The number of aliphatic hydroxyl groups excluding tert-OH is 2. The molecule has 2 unspecified atom stereocenters. The second kappa shape index (κ2) is 10.6. The van der Waals surface area contributed by atoms with Gasteiger partial charge in [0.1, 0.15) is 17.4 Å². The first-order valence-electron chi connectivity index (χ1n) is 14.5. The van der Waals surface area contributed by atoms with Gasteiger partial charge in [-0.15, -0.1) is 0 Å². The number of rotatable bonds is 6. The molecule has 6 atom stereocenters. The summed E-state index contributed by atoms with van der Waals surface area (Å²) in [6.45, 7) is 0.663. The van der Waals surface area contributed by atoms with Gasteiger partial charge in [0.05, 0.1) is 17.4 Å². The van der Waals surface area contributed by atoms with Crippen molar-refractivity contribution in [1.29, 1.82) is 0 Å². The maximum Gasteiger partial charge on any atom is 0.230 e. The van der Waals surface area contributed by atoms with Crippen LogP contribution in [0.25, 0.3) is 5.76 Å². The van der Waals surface area contributed by atoms with Crippen molar-refractivity contribution in [2.24, 2.45) is 29.4 Å². The van der Waals surface area contributed by atoms with E-state index in [1.54, 1.807) is 19.0 Å². The molecule has 3 saturated carbocycles. The third-order valence-corrected chi connectivity index (χ3v) is 9.85. The molecule has 0 aliphatic heterocycles. The quantitative estimate of drug-likeness (QED) is 0.215. The normalized spacial score (nSPS) is 31.9. The van der Waals surface area contributed by atoms with Crippen LogP contribution in [0.3, 0.4) is 0 Å². The molecule has 11 nitrogen and oxygen atoms in total. The summed E-state index contributed by atoms with van der Waals surface area (Å²) in [5.74, 6) is -6.92. The monoisotopic (exact) mass is 570 g/mol. The van der Waals surface area contributed by atoms with Crippen molar-refractivity contribution in [2.45, 2.75) is 62.7 Å². The molecule has 11 heteroatoms. The SMILES string of the molecule is CN(C)c1cc(NCC2CCCCC2)c(O)c2c1C[C@@H]1C[C@@H]3[C@@H](N(C)C)C(O)C(C(N)=O)C(=O)[C@]3(O)C(=O)C1=C2O. The molecule has 224 valence electrons. The van der Waals surface area contributed by atoms with E-state index in [0.29, 0.717) is 23.7 Å². The summed E-state index contributed by atoms with van der Waals surface area (Å²) in [7, 11) is 6.99. The zero-order valence-corrected chi connectivity index (χ0v) is 24.2. The van der Waals surface area contributed by atoms with E-state index in [4.69, 9.17) is 5.73 Å². The molecular formula is C30H42N4O7. The second-order valence-corrected chi connectivity index (χ2v) is 12.7. The number of ketones is 2. The minimum absolute atomic E-state index is 0.0908. The van der Waals surface area contributed by atoms with Gasteiger partial charge in [-0.25, -0.2) is 0 Å². The molecule has 41 heavy (non-hydrogen) atoms. The van der Waals surface area contributed by atoms with Crippen molar-refractivity contribution in [3.05, 3.63) is 22.8 Å². The van der Waals surface area contributed by atoms with Crippen LogP contribution in [-0.2, 0) is 20.8 Å². The van der Waals surface area contributed by atoms with Gasteiger partial charge in [-0.05, 0) is 63.2 Å². The lowest BCUT2D eigenvalue weighted by Gasteiger charge is -2.53. The second-order valence-electron chi connectivity index (χ2n) is 12.7. The van der Waals surface area contributed by atoms with Crippen molar-refractivity contribution in [2.75, 3.05) is 45.0 Å². The first-order valence-corrected chi connectivity index (χ1v) is 14.5. The van der Waals surface area contributed by atoms with Crippen molar-refractivity contribution in [3.63, 3.8) is 0 Å². The van der Waals surface area contributed by atoms with Gasteiger partial charge in [0.2, 0.25) is 11.7 Å². The van der Waals surface area contributed by atoms with Crippen LogP contribution in [0.1, 0.15) is 49.7 Å². The van der Waals surface area contributed by atoms with Gasteiger partial charge in [-0.3, -0.25) is 14.4 Å². The van der Waals surface area contributed by atoms with E-state index in [9.17, 15) is 34.8 Å². The molecule has 7 N–H and O–H groups in total. The smallest absolute Gasteiger partial charge is 0.230 e. The molecule has 0 radical (unpaired) electrons. The molecule has 1 amide bonds. The van der Waals surface area contributed by atoms with Gasteiger partial charge in [0.25, 0.3) is 0 Å². The standard InChI is InChI=1S/C30H42N4O7/c1-33(2)19-12-18(32-13-14-8-6-5-7-9-14)24(35)21-16(19)10-15-11-17-23(34(3)4)26(37)22(29(31)40)28(39)30(17,41)27(38)20(15)25(21)36/h12,14-15,17,22-23,26,32,35-37,41H,5-11,13H2,1-4H3,(H2,31,40)/t15-,17-,22?,23-,26?,30-/m1/s1. The summed E-state index contributed by atoms with van der Waals surface area (Å²) in [4.78, 5) is 43.3. The molecule has 5 rings (SSSR count). The number of aromatic hydroxyl groups is 1. The number of likely N-dealkylation sites (N-methyl/N-ethyl adjacent to an activating group) is 1. The number of nitrogens with two attached hydrogens (primary N) is 1. The van der Waals surface area contributed by atoms with Gasteiger partial charge >= 0.3 is 0 Å². The van der Waals surface area contributed by atoms with Crippen molar-refractivity contribution >= 4 is 34.6 Å². The number of benzene rings is 1. The lowest BCUT2D eigenvalue weighted by atomic mass is 9.54. The third-order valence-electron chi connectivity index (χ3n) is 9.85. The summed E-state index contributed by atoms with van der Waals surface area (Å²) in [6.07, 6.45) is 4.63. The Labute approximate surface area is 240 Å². The summed E-state index contributed by atoms with van der Waals surface area (Å²) >= 11 is 0. The van der Waals surface area contributed by atoms with E-state index in [1.165, 1.54) is 19.3 Å². The van der Waals surface area contributed by atoms with E-state index >= 15 is 0 Å². The highest BCUT2D eigenvalue weighted by atomic mass is 16.3. The molecule has 0 aromatic heterocycles. The molecule has 1 aromatic rings. The number of phenols is 1. The predicted octanol–water partition coefficient (Wildman–Crippen LogP) is 1.19. The maximum absolute atomic E-state index is 14.1. The van der Waals surface area contributed by atoms with Gasteiger partial charge in [-0.2, -0.15) is 0 Å². The third kappa shape index (κ3) is 4.49. The van der Waals surface area contributed by atoms with E-state index in [1.807, 2.05) is 25.1 Å². The summed E-state index contributed by atoms with van der Waals surface area (Å²) in [6, 6.07) is 0.932. The predicted molar refractivity (Wildman–Crippen MR) is 153 cm³/mol. The lowest BCUT2D eigenvalue weighted by Crippen LogP contribution is -2.73. The fraction of sp³-hybridized carbons (Fsp3) is 0.633. The Morgan fingerprint density at radius 1 is 1.12 bits per heavy atom. The number of hydrogen-bond donors (Lipinski definition) is 6. The first kappa shape index (κ1) is 29.3. The van der Waals surface area contributed by atoms with Gasteiger partial charge < -0.3 is 41.3 Å². The average molecular weight is 571 g/mol. The highest BCUT2D eigenvalue weighted by Gasteiger charge is 2.67. The van der Waals surface area contributed by atoms with E-state index in [-0.39, 0.29) is 29.7 Å². The number of fused-ring (bicyclic) bond motifs is 3. The number of nitrogens with zero attached hydrogens (tertiary/aromatic N) is 2. The molecule has 0 heterocycles. The number of carbonyl (C=O) groups is 3. The zero-order chi connectivity index (χ0) is 30.0. The summed E-state index contributed by atoms with van der Waals surface area (Å²) in [5, 5.41) is 49.2. The van der Waals surface area contributed by atoms with Crippen LogP contribution in [0.15, 0.2) is 11.6 Å². The van der Waals surface area contributed by atoms with Crippen LogP contribution < -0.4 is 16.0 Å². The molecule has 3 fully saturated rings. The van der Waals surface area contributed by atoms with Gasteiger partial charge in [0.15, 0.2) is 11.4 Å². The fourth-order valence-corrected chi connectivity index (χ4v) is 7.83. The topological polar surface area (TPSA) is 177 Å². The molecule has 1 aromatic carbocycles. The van der Waals surface area contributed by atoms with Crippen LogP contribution in [-0.4, -0.2) is 95.3 Å². The Morgan fingerprint density at radius 3 is 2.37 bits per heavy atom. The number of phenolic OH excluding ortho intramolecular Hbond substituents is 1. The Bertz CT molecular complexity index is 1300. The lowest BCUT2D eigenvalue weighted by molar-refractivity contribution is -0.184. The average Bonchev–Trinajstić information content (AvgIpc) is 2.90. The number of Topliss-reactive ketones (excluding diaryl/α,β-unsaturated/α-hetero) is 2. The highest BCUT2D eigenvalue weighted by Crippen LogP contribution is 2.54. The number of nitrogens with one attached hydrogen (secondary N) is 1. The molecule has 0 spiro atoms. The summed E-state index contributed by atoms with van der Waals surface area (Å²) < 4.78 is 0. The number of aliphatic hydroxyl groups is 3. The zero-order valence-electron chi connectivity index (χ0n) is 24.2. The van der Waals surface area contributed by atoms with Crippen molar-refractivity contribution < 1.29 is 34.8 Å². The van der Waals surface area contributed by atoms with Gasteiger partial charge in [0, 0.05) is 43.9 Å². The number of primary amides is 1. The molecule has 0 saturated heterocycles. The molecular weight excluding hydrogens is 528 g/mol. The Balaban J connectivity index is 1.61. The van der Waals surface area contributed by atoms with Crippen LogP contribution in [0.2, 0.25) is 0 Å². The highest BCUT2D eigenvalue weighted by molar-refractivity contribution is 6.25. The van der Waals surface area contributed by atoms with Crippen LogP contribution in [0, 0.1) is 23.7 Å². The fourth-order valence-electron chi connectivity index (χ4n) is 7.83.